The van der Waals surface area contributed by atoms with Gasteiger partial charge in [-0.15, -0.1) is 0 Å². The van der Waals surface area contributed by atoms with Gasteiger partial charge >= 0.3 is 0 Å². The molecule has 0 aromatic carbocycles. The van der Waals surface area contributed by atoms with Gasteiger partial charge in [-0.05, 0) is 18.8 Å². The topological polar surface area (TPSA) is 70.4 Å². The minimum absolute atomic E-state index is 0.0458. The monoisotopic (exact) mass is 212 g/mol. The van der Waals surface area contributed by atoms with Gasteiger partial charge in [0.25, 0.3) is 0 Å². The Morgan fingerprint density at radius 2 is 2.33 bits per heavy atom. The Morgan fingerprint density at radius 1 is 1.53 bits per heavy atom. The zero-order valence-electron chi connectivity index (χ0n) is 9.20. The number of carbonyl (C=O) groups excluding carboxylic acids is 1. The minimum atomic E-state index is -0.207. The van der Waals surface area contributed by atoms with Crippen molar-refractivity contribution in [3.63, 3.8) is 0 Å². The first-order valence-corrected chi connectivity index (χ1v) is 5.70. The molecule has 2 fully saturated rings. The van der Waals surface area contributed by atoms with Crippen molar-refractivity contribution in [2.24, 2.45) is 11.7 Å². The van der Waals surface area contributed by atoms with Gasteiger partial charge in [-0.2, -0.15) is 0 Å². The van der Waals surface area contributed by atoms with Crippen LogP contribution in [0.3, 0.4) is 0 Å². The molecule has 0 radical (unpaired) electrons. The molecule has 0 saturated carbocycles. The van der Waals surface area contributed by atoms with Crippen molar-refractivity contribution >= 4 is 5.91 Å². The number of piperidine rings is 1. The Labute approximate surface area is 90.4 Å². The number of amides is 1. The zero-order valence-corrected chi connectivity index (χ0v) is 9.20. The van der Waals surface area contributed by atoms with Gasteiger partial charge < -0.3 is 11.1 Å². The Bertz CT molecular complexity index is 246. The summed E-state index contributed by atoms with van der Waals surface area (Å²) >= 11 is 0. The molecule has 0 bridgehead atoms. The lowest BCUT2D eigenvalue weighted by Crippen LogP contribution is -2.66. The summed E-state index contributed by atoms with van der Waals surface area (Å²) < 4.78 is 0. The van der Waals surface area contributed by atoms with Crippen LogP contribution in [0.1, 0.15) is 26.2 Å². The van der Waals surface area contributed by atoms with E-state index in [0.717, 1.165) is 13.1 Å². The van der Waals surface area contributed by atoms with Crippen LogP contribution < -0.4 is 16.4 Å². The highest BCUT2D eigenvalue weighted by molar-refractivity contribution is 5.77. The molecule has 2 aliphatic heterocycles. The molecule has 2 saturated heterocycles. The summed E-state index contributed by atoms with van der Waals surface area (Å²) in [6.45, 7) is 4.32. The van der Waals surface area contributed by atoms with Gasteiger partial charge in [0, 0.05) is 13.1 Å². The predicted molar refractivity (Wildman–Crippen MR) is 57.6 cm³/mol. The average molecular weight is 212 g/mol. The van der Waals surface area contributed by atoms with Crippen molar-refractivity contribution in [3.8, 4) is 0 Å². The lowest BCUT2D eigenvalue weighted by molar-refractivity contribution is -0.127. The fraction of sp³-hybridized carbons (Fsp3) is 0.900. The summed E-state index contributed by atoms with van der Waals surface area (Å²) in [7, 11) is 0. The summed E-state index contributed by atoms with van der Waals surface area (Å²) in [5.41, 5.74) is 5.76. The fourth-order valence-electron chi connectivity index (χ4n) is 2.37. The minimum Gasteiger partial charge on any atom is -0.328 e. The van der Waals surface area contributed by atoms with Crippen LogP contribution in [0.15, 0.2) is 0 Å². The van der Waals surface area contributed by atoms with Crippen molar-refractivity contribution in [2.45, 2.75) is 38.6 Å². The second-order valence-electron chi connectivity index (χ2n) is 4.69. The van der Waals surface area contributed by atoms with E-state index in [1.165, 1.54) is 12.8 Å². The molecule has 0 aromatic heterocycles. The zero-order chi connectivity index (χ0) is 10.8. The summed E-state index contributed by atoms with van der Waals surface area (Å²) in [5.74, 6) is 0.750. The lowest BCUT2D eigenvalue weighted by atomic mass is 10.0. The van der Waals surface area contributed by atoms with E-state index in [9.17, 15) is 4.79 Å². The van der Waals surface area contributed by atoms with Gasteiger partial charge in [0.05, 0.1) is 12.6 Å². The first-order valence-electron chi connectivity index (χ1n) is 5.70. The van der Waals surface area contributed by atoms with Gasteiger partial charge in [-0.3, -0.25) is 15.0 Å². The highest BCUT2D eigenvalue weighted by Crippen LogP contribution is 2.17. The lowest BCUT2D eigenvalue weighted by Gasteiger charge is -2.41. The van der Waals surface area contributed by atoms with Crippen LogP contribution in [0, 0.1) is 5.92 Å². The maximum absolute atomic E-state index is 11.4. The fourth-order valence-corrected chi connectivity index (χ4v) is 2.37. The van der Waals surface area contributed by atoms with Gasteiger partial charge in [0.15, 0.2) is 0 Å². The highest BCUT2D eigenvalue weighted by atomic mass is 16.2. The molecule has 2 rings (SSSR count). The van der Waals surface area contributed by atoms with E-state index in [4.69, 9.17) is 5.73 Å². The SMILES string of the molecule is CC1CCCN(C2NC(=O)CC(N)N2)C1. The first kappa shape index (κ1) is 10.9. The number of carbonyl (C=O) groups is 1. The molecule has 86 valence electrons. The van der Waals surface area contributed by atoms with Crippen molar-refractivity contribution in [1.29, 1.82) is 0 Å². The third-order valence-corrected chi connectivity index (χ3v) is 3.13. The maximum atomic E-state index is 11.4. The quantitative estimate of drug-likeness (QED) is 0.542. The van der Waals surface area contributed by atoms with Gasteiger partial charge in [0.1, 0.15) is 6.29 Å². The van der Waals surface area contributed by atoms with E-state index in [1.54, 1.807) is 0 Å². The summed E-state index contributed by atoms with van der Waals surface area (Å²) in [5, 5.41) is 6.14. The Hall–Kier alpha value is -0.650. The van der Waals surface area contributed by atoms with Crippen molar-refractivity contribution in [3.05, 3.63) is 0 Å². The molecule has 4 N–H and O–H groups in total. The van der Waals surface area contributed by atoms with Crippen LogP contribution in [-0.2, 0) is 4.79 Å². The number of rotatable bonds is 1. The Kier molecular flexibility index (Phi) is 3.23. The van der Waals surface area contributed by atoms with Crippen LogP contribution in [-0.4, -0.2) is 36.4 Å². The van der Waals surface area contributed by atoms with E-state index < -0.39 is 0 Å². The third-order valence-electron chi connectivity index (χ3n) is 3.13. The molecule has 0 aliphatic carbocycles. The van der Waals surface area contributed by atoms with E-state index in [-0.39, 0.29) is 18.4 Å². The summed E-state index contributed by atoms with van der Waals surface area (Å²) in [4.78, 5) is 13.6. The van der Waals surface area contributed by atoms with Crippen LogP contribution in [0.5, 0.6) is 0 Å². The number of hydrogen-bond donors (Lipinski definition) is 3. The molecule has 5 heteroatoms. The molecule has 1 amide bonds. The van der Waals surface area contributed by atoms with E-state index in [2.05, 4.69) is 22.5 Å². The van der Waals surface area contributed by atoms with Crippen molar-refractivity contribution in [2.75, 3.05) is 13.1 Å². The predicted octanol–water partition coefficient (Wildman–Crippen LogP) is -0.604. The van der Waals surface area contributed by atoms with Crippen molar-refractivity contribution < 1.29 is 4.79 Å². The van der Waals surface area contributed by atoms with Gasteiger partial charge in [0.2, 0.25) is 5.91 Å². The molecule has 3 atom stereocenters. The van der Waals surface area contributed by atoms with Crippen LogP contribution >= 0.6 is 0 Å². The highest BCUT2D eigenvalue weighted by Gasteiger charge is 2.29. The molecule has 15 heavy (non-hydrogen) atoms. The number of hydrogen-bond acceptors (Lipinski definition) is 4. The van der Waals surface area contributed by atoms with Gasteiger partial charge in [-0.25, -0.2) is 0 Å². The van der Waals surface area contributed by atoms with Crippen LogP contribution in [0.25, 0.3) is 0 Å². The summed E-state index contributed by atoms with van der Waals surface area (Å²) in [6, 6.07) is 0. The van der Waals surface area contributed by atoms with E-state index in [1.807, 2.05) is 0 Å². The number of likely N-dealkylation sites (tertiary alicyclic amines) is 1. The normalized spacial score (nSPS) is 38.8. The van der Waals surface area contributed by atoms with Crippen LogP contribution in [0.4, 0.5) is 0 Å². The molecule has 5 nitrogen and oxygen atoms in total. The second kappa shape index (κ2) is 4.47. The molecule has 2 aliphatic rings. The molecule has 3 unspecified atom stereocenters. The number of nitrogens with two attached hydrogens (primary N) is 1. The maximum Gasteiger partial charge on any atom is 0.225 e. The Morgan fingerprint density at radius 3 is 3.00 bits per heavy atom. The number of nitrogens with zero attached hydrogens (tertiary/aromatic N) is 1. The summed E-state index contributed by atoms with van der Waals surface area (Å²) in [6.07, 6.45) is 2.58. The van der Waals surface area contributed by atoms with E-state index in [0.29, 0.717) is 12.3 Å². The second-order valence-corrected chi connectivity index (χ2v) is 4.69. The Balaban J connectivity index is 1.94. The average Bonchev–Trinajstić information content (AvgIpc) is 2.16. The standard InChI is InChI=1S/C10H20N4O/c1-7-3-2-4-14(6-7)10-12-8(11)5-9(15)13-10/h7-8,10,12H,2-6,11H2,1H3,(H,13,15). The van der Waals surface area contributed by atoms with E-state index >= 15 is 0 Å². The molecule has 2 heterocycles. The van der Waals surface area contributed by atoms with Crippen LogP contribution in [0.2, 0.25) is 0 Å². The third kappa shape index (κ3) is 2.68. The largest absolute Gasteiger partial charge is 0.328 e. The first-order chi connectivity index (χ1) is 7.15. The molecular formula is C10H20N4O. The molecule has 0 spiro atoms. The molecular weight excluding hydrogens is 192 g/mol. The molecule has 0 aromatic rings. The van der Waals surface area contributed by atoms with Gasteiger partial charge in [-0.1, -0.05) is 6.92 Å². The number of nitrogens with one attached hydrogen (secondary N) is 2. The van der Waals surface area contributed by atoms with Crippen molar-refractivity contribution in [1.82, 2.24) is 15.5 Å². The smallest absolute Gasteiger partial charge is 0.225 e.